The average molecular weight is 444 g/mol. The molecule has 0 aliphatic heterocycles. The van der Waals surface area contributed by atoms with Crippen LogP contribution in [0.2, 0.25) is 5.02 Å². The number of carbonyl (C=O) groups excluding carboxylic acids is 2. The summed E-state index contributed by atoms with van der Waals surface area (Å²) in [6, 6.07) is 14.1. The van der Waals surface area contributed by atoms with Gasteiger partial charge in [0.15, 0.2) is 5.16 Å². The lowest BCUT2D eigenvalue weighted by atomic mass is 10.1. The number of nitrogens with one attached hydrogen (secondary N) is 1. The van der Waals surface area contributed by atoms with Crippen LogP contribution in [-0.4, -0.2) is 51.3 Å². The fourth-order valence-electron chi connectivity index (χ4n) is 2.76. The Morgan fingerprint density at radius 1 is 1.20 bits per heavy atom. The maximum absolute atomic E-state index is 12.6. The lowest BCUT2D eigenvalue weighted by molar-refractivity contribution is -0.134. The quantitative estimate of drug-likeness (QED) is 0.567. The fourth-order valence-corrected chi connectivity index (χ4v) is 3.67. The van der Waals surface area contributed by atoms with Crippen molar-refractivity contribution in [1.82, 2.24) is 25.0 Å². The van der Waals surface area contributed by atoms with E-state index in [0.717, 1.165) is 16.8 Å². The van der Waals surface area contributed by atoms with Gasteiger partial charge < -0.3 is 10.2 Å². The van der Waals surface area contributed by atoms with Crippen LogP contribution in [0.4, 0.5) is 0 Å². The molecule has 1 aromatic heterocycles. The monoisotopic (exact) mass is 443 g/mol. The zero-order valence-electron chi connectivity index (χ0n) is 16.9. The summed E-state index contributed by atoms with van der Waals surface area (Å²) >= 11 is 7.45. The minimum Gasteiger partial charge on any atom is -0.347 e. The summed E-state index contributed by atoms with van der Waals surface area (Å²) in [7, 11) is 3.32. The second-order valence-corrected chi connectivity index (χ2v) is 8.20. The molecular formula is C21H22ClN5O2S. The molecule has 9 heteroatoms. The second-order valence-electron chi connectivity index (χ2n) is 6.85. The number of aryl methyl sites for hydroxylation is 1. The van der Waals surface area contributed by atoms with E-state index in [4.69, 9.17) is 11.6 Å². The highest BCUT2D eigenvalue weighted by Crippen LogP contribution is 2.24. The number of hydrogen-bond acceptors (Lipinski definition) is 5. The summed E-state index contributed by atoms with van der Waals surface area (Å²) in [4.78, 5) is 26.7. The molecule has 0 saturated carbocycles. The first-order valence-electron chi connectivity index (χ1n) is 9.21. The van der Waals surface area contributed by atoms with Gasteiger partial charge in [0.05, 0.1) is 11.4 Å². The third-order valence-corrected chi connectivity index (χ3v) is 5.76. The molecule has 2 amide bonds. The van der Waals surface area contributed by atoms with Crippen LogP contribution in [-0.2, 0) is 9.59 Å². The van der Waals surface area contributed by atoms with E-state index >= 15 is 0 Å². The Morgan fingerprint density at radius 3 is 2.60 bits per heavy atom. The van der Waals surface area contributed by atoms with Crippen LogP contribution in [0.25, 0.3) is 5.69 Å². The summed E-state index contributed by atoms with van der Waals surface area (Å²) in [6.45, 7) is 1.93. The first-order chi connectivity index (χ1) is 14.4. The Balaban J connectivity index is 1.70. The third-order valence-electron chi connectivity index (χ3n) is 4.41. The highest BCUT2D eigenvalue weighted by molar-refractivity contribution is 7.99. The van der Waals surface area contributed by atoms with Crippen molar-refractivity contribution >= 4 is 35.2 Å². The fraction of sp³-hybridized carbons (Fsp3) is 0.238. The van der Waals surface area contributed by atoms with Gasteiger partial charge in [-0.05, 0) is 30.2 Å². The minimum atomic E-state index is -0.747. The lowest BCUT2D eigenvalue weighted by Gasteiger charge is -2.22. The van der Waals surface area contributed by atoms with Gasteiger partial charge in [-0.15, -0.1) is 10.2 Å². The zero-order valence-corrected chi connectivity index (χ0v) is 18.4. The topological polar surface area (TPSA) is 80.1 Å². The zero-order chi connectivity index (χ0) is 21.7. The van der Waals surface area contributed by atoms with Crippen molar-refractivity contribution in [2.24, 2.45) is 0 Å². The van der Waals surface area contributed by atoms with E-state index in [1.54, 1.807) is 25.0 Å². The molecule has 0 spiro atoms. The Hall–Kier alpha value is -2.84. The molecule has 2 aromatic carbocycles. The molecule has 0 fully saturated rings. The van der Waals surface area contributed by atoms with E-state index in [1.807, 2.05) is 55.5 Å². The normalized spacial score (nSPS) is 11.7. The number of likely N-dealkylation sites (N-methyl/N-ethyl adjacent to an activating group) is 1. The molecule has 1 unspecified atom stereocenters. The van der Waals surface area contributed by atoms with E-state index in [1.165, 1.54) is 16.7 Å². The molecule has 0 bridgehead atoms. The molecule has 1 atom stereocenters. The van der Waals surface area contributed by atoms with E-state index in [9.17, 15) is 9.59 Å². The van der Waals surface area contributed by atoms with Gasteiger partial charge in [0.1, 0.15) is 12.4 Å². The van der Waals surface area contributed by atoms with Crippen molar-refractivity contribution in [2.45, 2.75) is 18.1 Å². The van der Waals surface area contributed by atoms with E-state index in [2.05, 4.69) is 15.5 Å². The van der Waals surface area contributed by atoms with Crippen LogP contribution >= 0.6 is 23.4 Å². The second kappa shape index (κ2) is 9.77. The van der Waals surface area contributed by atoms with Crippen molar-refractivity contribution < 1.29 is 9.59 Å². The molecular weight excluding hydrogens is 422 g/mol. The Morgan fingerprint density at radius 2 is 1.93 bits per heavy atom. The molecule has 1 N–H and O–H groups in total. The van der Waals surface area contributed by atoms with Crippen molar-refractivity contribution in [3.8, 4) is 5.69 Å². The largest absolute Gasteiger partial charge is 0.347 e. The maximum Gasteiger partial charge on any atom is 0.249 e. The van der Waals surface area contributed by atoms with Gasteiger partial charge in [-0.25, -0.2) is 0 Å². The van der Waals surface area contributed by atoms with Crippen molar-refractivity contribution in [2.75, 3.05) is 19.8 Å². The van der Waals surface area contributed by atoms with Crippen molar-refractivity contribution in [1.29, 1.82) is 0 Å². The van der Waals surface area contributed by atoms with Gasteiger partial charge in [-0.3, -0.25) is 14.2 Å². The predicted octanol–water partition coefficient (Wildman–Crippen LogP) is 3.27. The first kappa shape index (κ1) is 21.9. The number of benzene rings is 2. The Kier molecular flexibility index (Phi) is 7.12. The first-order valence-corrected chi connectivity index (χ1v) is 10.6. The van der Waals surface area contributed by atoms with Gasteiger partial charge in [-0.1, -0.05) is 59.8 Å². The van der Waals surface area contributed by atoms with Gasteiger partial charge in [0.25, 0.3) is 0 Å². The number of rotatable bonds is 7. The number of nitrogens with zero attached hydrogens (tertiary/aromatic N) is 4. The molecule has 30 heavy (non-hydrogen) atoms. The minimum absolute atomic E-state index is 0.0856. The van der Waals surface area contributed by atoms with E-state index < -0.39 is 6.04 Å². The number of halogens is 1. The van der Waals surface area contributed by atoms with Crippen LogP contribution in [0.5, 0.6) is 0 Å². The number of thioether (sulfide) groups is 1. The summed E-state index contributed by atoms with van der Waals surface area (Å²) in [5.41, 5.74) is 2.51. The van der Waals surface area contributed by atoms with Crippen molar-refractivity contribution in [3.05, 3.63) is 71.0 Å². The number of amides is 2. The molecule has 3 rings (SSSR count). The molecule has 0 saturated heterocycles. The molecule has 0 aliphatic carbocycles. The summed E-state index contributed by atoms with van der Waals surface area (Å²) < 4.78 is 1.77. The van der Waals surface area contributed by atoms with Crippen LogP contribution in [0, 0.1) is 6.92 Å². The van der Waals surface area contributed by atoms with Gasteiger partial charge in [-0.2, -0.15) is 0 Å². The van der Waals surface area contributed by atoms with Crippen LogP contribution in [0.1, 0.15) is 17.2 Å². The van der Waals surface area contributed by atoms with Crippen molar-refractivity contribution in [3.63, 3.8) is 0 Å². The predicted molar refractivity (Wildman–Crippen MR) is 118 cm³/mol. The number of aromatic nitrogens is 3. The standard InChI is InChI=1S/C21H22ClN5O2S/c1-14-9-10-16(11-17(14)22)27-13-23-25-21(27)30-12-18(28)24-19(20(29)26(2)3)15-7-5-4-6-8-15/h4-11,13,19H,12H2,1-3H3,(H,24,28). The summed E-state index contributed by atoms with van der Waals surface area (Å²) in [5, 5.41) is 12.1. The SMILES string of the molecule is Cc1ccc(-n2cnnc2SCC(=O)NC(C(=O)N(C)C)c2ccccc2)cc1Cl. The highest BCUT2D eigenvalue weighted by atomic mass is 35.5. The molecule has 3 aromatic rings. The average Bonchev–Trinajstić information content (AvgIpc) is 3.21. The van der Waals surface area contributed by atoms with Gasteiger partial charge in [0, 0.05) is 19.1 Å². The third kappa shape index (κ3) is 5.20. The van der Waals surface area contributed by atoms with E-state index in [0.29, 0.717) is 10.2 Å². The van der Waals surface area contributed by atoms with Crippen LogP contribution in [0.15, 0.2) is 60.0 Å². The summed E-state index contributed by atoms with van der Waals surface area (Å²) in [5.74, 6) is -0.389. The number of hydrogen-bond donors (Lipinski definition) is 1. The Labute approximate surface area is 184 Å². The van der Waals surface area contributed by atoms with E-state index in [-0.39, 0.29) is 17.6 Å². The molecule has 0 radical (unpaired) electrons. The maximum atomic E-state index is 12.6. The summed E-state index contributed by atoms with van der Waals surface area (Å²) in [6.07, 6.45) is 1.57. The number of carbonyl (C=O) groups is 2. The highest BCUT2D eigenvalue weighted by Gasteiger charge is 2.24. The molecule has 1 heterocycles. The molecule has 0 aliphatic rings. The molecule has 7 nitrogen and oxygen atoms in total. The van der Waals surface area contributed by atoms with Gasteiger partial charge in [0.2, 0.25) is 11.8 Å². The Bertz CT molecular complexity index is 1040. The lowest BCUT2D eigenvalue weighted by Crippen LogP contribution is -2.40. The molecule has 156 valence electrons. The smallest absolute Gasteiger partial charge is 0.249 e. The van der Waals surface area contributed by atoms with Crippen LogP contribution in [0.3, 0.4) is 0 Å². The van der Waals surface area contributed by atoms with Gasteiger partial charge >= 0.3 is 0 Å². The van der Waals surface area contributed by atoms with Crippen LogP contribution < -0.4 is 5.32 Å².